The number of benzene rings is 2. The monoisotopic (exact) mass is 595 g/mol. The molecule has 0 radical (unpaired) electrons. The van der Waals surface area contributed by atoms with Crippen molar-refractivity contribution < 1.29 is 23.7 Å². The first-order chi connectivity index (χ1) is 21.2. The summed E-state index contributed by atoms with van der Waals surface area (Å²) >= 11 is 0. The van der Waals surface area contributed by atoms with E-state index in [0.29, 0.717) is 19.1 Å². The van der Waals surface area contributed by atoms with Crippen molar-refractivity contribution in [2.45, 2.75) is 19.8 Å². The van der Waals surface area contributed by atoms with E-state index in [1.165, 1.54) is 0 Å². The first kappa shape index (κ1) is 31.7. The van der Waals surface area contributed by atoms with E-state index in [0.717, 1.165) is 133 Å². The molecule has 0 amide bonds. The Bertz CT molecular complexity index is 1210. The van der Waals surface area contributed by atoms with Crippen LogP contribution in [0.2, 0.25) is 0 Å². The number of aliphatic hydroxyl groups is 1. The van der Waals surface area contributed by atoms with Gasteiger partial charge in [-0.1, -0.05) is 0 Å². The van der Waals surface area contributed by atoms with E-state index < -0.39 is 0 Å². The fraction of sp³-hybridized carbons (Fsp3) is 0.606. The summed E-state index contributed by atoms with van der Waals surface area (Å²) in [5.74, 6) is 2.26. The molecule has 0 saturated carbocycles. The Hall–Kier alpha value is -2.73. The van der Waals surface area contributed by atoms with Crippen molar-refractivity contribution in [3.05, 3.63) is 42.5 Å². The Balaban J connectivity index is 0.996. The number of β-amino-alcohol motifs (C(OH)–C–C–N with tert-alkyl or cyclic N) is 1. The van der Waals surface area contributed by atoms with Gasteiger partial charge in [-0.3, -0.25) is 9.80 Å². The first-order valence-corrected chi connectivity index (χ1v) is 16.0. The number of fused-ring (bicyclic) bond motifs is 1. The number of oxazole rings is 1. The lowest BCUT2D eigenvalue weighted by Crippen LogP contribution is -2.47. The van der Waals surface area contributed by atoms with Crippen LogP contribution >= 0.6 is 0 Å². The van der Waals surface area contributed by atoms with Crippen LogP contribution in [0.25, 0.3) is 22.6 Å². The summed E-state index contributed by atoms with van der Waals surface area (Å²) in [6, 6.07) is 13.8. The lowest BCUT2D eigenvalue weighted by Gasteiger charge is -2.34. The standard InChI is InChI=1S/C33H49N5O5/c1-2-40-26-22-38-19-15-36(16-20-38)11-3-24-41-29-7-5-28(6-8-29)33-34-31-10-9-30(27-32(31)43-33)42-25-4-12-35-13-17-37(18-14-35)21-23-39/h5-10,27,39H,2-4,11-26H2,1H3. The topological polar surface area (TPSA) is 86.9 Å². The van der Waals surface area contributed by atoms with Gasteiger partial charge in [0.25, 0.3) is 0 Å². The van der Waals surface area contributed by atoms with Crippen LogP contribution in [0, 0.1) is 0 Å². The molecule has 43 heavy (non-hydrogen) atoms. The Morgan fingerprint density at radius 3 is 1.86 bits per heavy atom. The van der Waals surface area contributed by atoms with Crippen LogP contribution in [0.15, 0.2) is 46.9 Å². The third-order valence-corrected chi connectivity index (χ3v) is 8.34. The van der Waals surface area contributed by atoms with Gasteiger partial charge in [0.15, 0.2) is 5.58 Å². The van der Waals surface area contributed by atoms with Crippen molar-refractivity contribution in [3.8, 4) is 23.0 Å². The summed E-state index contributed by atoms with van der Waals surface area (Å²) in [7, 11) is 0. The van der Waals surface area contributed by atoms with Gasteiger partial charge in [-0.15, -0.1) is 0 Å². The molecule has 10 nitrogen and oxygen atoms in total. The molecule has 1 N–H and O–H groups in total. The molecule has 5 rings (SSSR count). The first-order valence-electron chi connectivity index (χ1n) is 16.0. The summed E-state index contributed by atoms with van der Waals surface area (Å²) in [6.45, 7) is 17.8. The highest BCUT2D eigenvalue weighted by Crippen LogP contribution is 2.28. The minimum absolute atomic E-state index is 0.238. The molecule has 0 bridgehead atoms. The molecule has 3 heterocycles. The molecule has 2 fully saturated rings. The molecular formula is C33H49N5O5. The zero-order valence-electron chi connectivity index (χ0n) is 25.8. The van der Waals surface area contributed by atoms with Crippen LogP contribution in [0.5, 0.6) is 11.5 Å². The third kappa shape index (κ3) is 9.89. The molecule has 0 spiro atoms. The van der Waals surface area contributed by atoms with Crippen LogP contribution in [0.1, 0.15) is 19.8 Å². The van der Waals surface area contributed by atoms with E-state index in [-0.39, 0.29) is 6.61 Å². The van der Waals surface area contributed by atoms with Gasteiger partial charge in [0.1, 0.15) is 17.0 Å². The van der Waals surface area contributed by atoms with E-state index in [2.05, 4.69) is 24.6 Å². The molecule has 2 saturated heterocycles. The summed E-state index contributed by atoms with van der Waals surface area (Å²) in [5, 5.41) is 9.10. The maximum atomic E-state index is 9.10. The molecule has 2 aliphatic heterocycles. The van der Waals surface area contributed by atoms with Gasteiger partial charge in [0.05, 0.1) is 26.4 Å². The molecule has 1 aromatic heterocycles. The second-order valence-electron chi connectivity index (χ2n) is 11.4. The van der Waals surface area contributed by atoms with Gasteiger partial charge in [0.2, 0.25) is 5.89 Å². The van der Waals surface area contributed by atoms with E-state index in [9.17, 15) is 0 Å². The lowest BCUT2D eigenvalue weighted by molar-refractivity contribution is 0.0791. The molecule has 3 aromatic rings. The zero-order valence-corrected chi connectivity index (χ0v) is 25.8. The van der Waals surface area contributed by atoms with Crippen molar-refractivity contribution in [1.29, 1.82) is 0 Å². The number of rotatable bonds is 17. The van der Waals surface area contributed by atoms with Gasteiger partial charge in [-0.25, -0.2) is 4.98 Å². The van der Waals surface area contributed by atoms with Gasteiger partial charge >= 0.3 is 0 Å². The maximum absolute atomic E-state index is 9.10. The zero-order chi connectivity index (χ0) is 29.7. The van der Waals surface area contributed by atoms with Crippen LogP contribution in [0.3, 0.4) is 0 Å². The molecule has 0 unspecified atom stereocenters. The van der Waals surface area contributed by atoms with Gasteiger partial charge in [-0.05, 0) is 56.2 Å². The number of aliphatic hydroxyl groups excluding tert-OH is 1. The highest BCUT2D eigenvalue weighted by Gasteiger charge is 2.17. The fourth-order valence-corrected chi connectivity index (χ4v) is 5.72. The predicted octanol–water partition coefficient (Wildman–Crippen LogP) is 3.30. The third-order valence-electron chi connectivity index (χ3n) is 8.34. The number of hydrogen-bond donors (Lipinski definition) is 1. The van der Waals surface area contributed by atoms with E-state index in [4.69, 9.17) is 23.7 Å². The number of ether oxygens (including phenoxy) is 3. The normalized spacial score (nSPS) is 17.5. The summed E-state index contributed by atoms with van der Waals surface area (Å²) < 4.78 is 23.6. The fourth-order valence-electron chi connectivity index (χ4n) is 5.72. The highest BCUT2D eigenvalue weighted by molar-refractivity contribution is 5.77. The molecule has 0 aliphatic carbocycles. The van der Waals surface area contributed by atoms with Crippen molar-refractivity contribution in [1.82, 2.24) is 24.6 Å². The Kier molecular flexibility index (Phi) is 12.5. The maximum Gasteiger partial charge on any atom is 0.227 e. The van der Waals surface area contributed by atoms with Crippen LogP contribution in [0.4, 0.5) is 0 Å². The second kappa shape index (κ2) is 16.9. The molecule has 236 valence electrons. The van der Waals surface area contributed by atoms with Crippen LogP contribution in [-0.4, -0.2) is 141 Å². The molecule has 2 aliphatic rings. The predicted molar refractivity (Wildman–Crippen MR) is 169 cm³/mol. The van der Waals surface area contributed by atoms with Gasteiger partial charge in [-0.2, -0.15) is 0 Å². The summed E-state index contributed by atoms with van der Waals surface area (Å²) in [6.07, 6.45) is 1.99. The average molecular weight is 596 g/mol. The SMILES string of the molecule is CCOCCN1CCN(CCCOc2ccc(-c3nc4ccc(OCCCN5CCN(CCO)CC5)cc4o3)cc2)CC1. The summed E-state index contributed by atoms with van der Waals surface area (Å²) in [4.78, 5) is 14.5. The second-order valence-corrected chi connectivity index (χ2v) is 11.4. The number of nitrogens with zero attached hydrogens (tertiary/aromatic N) is 5. The molecule has 2 aromatic carbocycles. The lowest BCUT2D eigenvalue weighted by atomic mass is 10.2. The quantitative estimate of drug-likeness (QED) is 0.235. The summed E-state index contributed by atoms with van der Waals surface area (Å²) in [5.41, 5.74) is 2.47. The number of hydrogen-bond acceptors (Lipinski definition) is 10. The van der Waals surface area contributed by atoms with Crippen molar-refractivity contribution in [3.63, 3.8) is 0 Å². The number of piperazine rings is 2. The van der Waals surface area contributed by atoms with Crippen LogP contribution in [-0.2, 0) is 4.74 Å². The Morgan fingerprint density at radius 1 is 0.698 bits per heavy atom. The Labute approximate surface area is 256 Å². The Morgan fingerprint density at radius 2 is 1.26 bits per heavy atom. The smallest absolute Gasteiger partial charge is 0.227 e. The molecule has 10 heteroatoms. The minimum atomic E-state index is 0.238. The van der Waals surface area contributed by atoms with E-state index in [1.54, 1.807) is 0 Å². The average Bonchev–Trinajstić information content (AvgIpc) is 3.47. The van der Waals surface area contributed by atoms with E-state index >= 15 is 0 Å². The number of aromatic nitrogens is 1. The molecule has 0 atom stereocenters. The van der Waals surface area contributed by atoms with Crippen molar-refractivity contribution in [2.75, 3.05) is 112 Å². The van der Waals surface area contributed by atoms with E-state index in [1.807, 2.05) is 49.4 Å². The van der Waals surface area contributed by atoms with Crippen molar-refractivity contribution >= 4 is 11.1 Å². The largest absolute Gasteiger partial charge is 0.494 e. The van der Waals surface area contributed by atoms with Crippen molar-refractivity contribution in [2.24, 2.45) is 0 Å². The van der Waals surface area contributed by atoms with Gasteiger partial charge < -0.3 is 33.5 Å². The molecular weight excluding hydrogens is 546 g/mol. The highest BCUT2D eigenvalue weighted by atomic mass is 16.5. The minimum Gasteiger partial charge on any atom is -0.494 e. The van der Waals surface area contributed by atoms with Crippen LogP contribution < -0.4 is 9.47 Å². The van der Waals surface area contributed by atoms with Gasteiger partial charge in [0, 0.05) is 96.8 Å².